The van der Waals surface area contributed by atoms with Gasteiger partial charge in [-0.05, 0) is 24.1 Å². The van der Waals surface area contributed by atoms with Gasteiger partial charge in [0.25, 0.3) is 0 Å². The molecule has 0 saturated carbocycles. The van der Waals surface area contributed by atoms with Gasteiger partial charge in [-0.3, -0.25) is 9.59 Å². The van der Waals surface area contributed by atoms with E-state index in [0.29, 0.717) is 16.9 Å². The third kappa shape index (κ3) is 3.78. The normalized spacial score (nSPS) is 10.2. The maximum atomic E-state index is 12.5. The summed E-state index contributed by atoms with van der Waals surface area (Å²) in [6, 6.07) is 14.3. The zero-order chi connectivity index (χ0) is 15.2. The lowest BCUT2D eigenvalue weighted by atomic mass is 10.00. The summed E-state index contributed by atoms with van der Waals surface area (Å²) in [6.45, 7) is 3.44. The van der Waals surface area contributed by atoms with Crippen LogP contribution < -0.4 is 4.74 Å². The van der Waals surface area contributed by atoms with E-state index in [0.717, 1.165) is 12.8 Å². The van der Waals surface area contributed by atoms with E-state index in [1.165, 1.54) is 12.5 Å². The van der Waals surface area contributed by atoms with Gasteiger partial charge in [0.05, 0.1) is 5.56 Å². The van der Waals surface area contributed by atoms with Crippen LogP contribution in [0, 0.1) is 0 Å². The van der Waals surface area contributed by atoms with E-state index in [4.69, 9.17) is 4.74 Å². The Morgan fingerprint density at radius 3 is 2.29 bits per heavy atom. The summed E-state index contributed by atoms with van der Waals surface area (Å²) in [4.78, 5) is 23.6. The number of aryl methyl sites for hydroxylation is 1. The molecule has 0 aliphatic carbocycles. The number of carbonyl (C=O) groups is 2. The second-order valence-corrected chi connectivity index (χ2v) is 4.87. The van der Waals surface area contributed by atoms with Crippen LogP contribution in [0.1, 0.15) is 41.8 Å². The molecule has 0 amide bonds. The first-order chi connectivity index (χ1) is 10.1. The van der Waals surface area contributed by atoms with Gasteiger partial charge in [0.1, 0.15) is 5.75 Å². The van der Waals surface area contributed by atoms with Crippen LogP contribution >= 0.6 is 0 Å². The first-order valence-corrected chi connectivity index (χ1v) is 7.03. The monoisotopic (exact) mass is 282 g/mol. The molecule has 0 radical (unpaired) electrons. The van der Waals surface area contributed by atoms with Crippen molar-refractivity contribution in [1.29, 1.82) is 0 Å². The van der Waals surface area contributed by atoms with E-state index in [9.17, 15) is 9.59 Å². The van der Waals surface area contributed by atoms with Crippen LogP contribution in [0.5, 0.6) is 5.75 Å². The third-order valence-electron chi connectivity index (χ3n) is 3.14. The molecule has 0 atom stereocenters. The largest absolute Gasteiger partial charge is 0.426 e. The number of hydrogen-bond acceptors (Lipinski definition) is 3. The molecular formula is C18H18O3. The highest BCUT2D eigenvalue weighted by Gasteiger charge is 2.15. The number of ketones is 1. The van der Waals surface area contributed by atoms with Crippen molar-refractivity contribution in [3.8, 4) is 5.75 Å². The smallest absolute Gasteiger partial charge is 0.308 e. The molecule has 0 spiro atoms. The molecule has 21 heavy (non-hydrogen) atoms. The molecular weight excluding hydrogens is 264 g/mol. The minimum atomic E-state index is -0.437. The maximum absolute atomic E-state index is 12.5. The van der Waals surface area contributed by atoms with Crippen molar-refractivity contribution >= 4 is 11.8 Å². The summed E-state index contributed by atoms with van der Waals surface area (Å²) < 4.78 is 5.09. The molecule has 0 aromatic heterocycles. The minimum Gasteiger partial charge on any atom is -0.426 e. The van der Waals surface area contributed by atoms with Crippen LogP contribution in [0.4, 0.5) is 0 Å². The molecule has 0 N–H and O–H groups in total. The zero-order valence-electron chi connectivity index (χ0n) is 12.3. The van der Waals surface area contributed by atoms with Crippen LogP contribution in [0.25, 0.3) is 0 Å². The summed E-state index contributed by atoms with van der Waals surface area (Å²) in [5.41, 5.74) is 2.20. The molecule has 0 heterocycles. The van der Waals surface area contributed by atoms with Gasteiger partial charge in [-0.1, -0.05) is 49.7 Å². The zero-order valence-corrected chi connectivity index (χ0v) is 12.3. The van der Waals surface area contributed by atoms with Crippen molar-refractivity contribution in [2.45, 2.75) is 26.7 Å². The molecule has 0 fully saturated rings. The Bertz CT molecular complexity index is 642. The summed E-state index contributed by atoms with van der Waals surface area (Å²) in [6.07, 6.45) is 2.07. The fraction of sp³-hybridized carbons (Fsp3) is 0.222. The Morgan fingerprint density at radius 1 is 1.00 bits per heavy atom. The van der Waals surface area contributed by atoms with Gasteiger partial charge in [-0.2, -0.15) is 0 Å². The first-order valence-electron chi connectivity index (χ1n) is 7.03. The molecule has 108 valence electrons. The van der Waals surface area contributed by atoms with E-state index < -0.39 is 5.97 Å². The molecule has 3 nitrogen and oxygen atoms in total. The van der Waals surface area contributed by atoms with E-state index >= 15 is 0 Å². The summed E-state index contributed by atoms with van der Waals surface area (Å²) in [5.74, 6) is -0.281. The average Bonchev–Trinajstić information content (AvgIpc) is 2.48. The van der Waals surface area contributed by atoms with Gasteiger partial charge >= 0.3 is 5.97 Å². The van der Waals surface area contributed by atoms with Crippen molar-refractivity contribution in [2.24, 2.45) is 0 Å². The molecule has 0 aliphatic heterocycles. The minimum absolute atomic E-state index is 0.144. The van der Waals surface area contributed by atoms with Gasteiger partial charge in [-0.25, -0.2) is 0 Å². The van der Waals surface area contributed by atoms with E-state index in [1.807, 2.05) is 24.3 Å². The van der Waals surface area contributed by atoms with Crippen LogP contribution in [0.2, 0.25) is 0 Å². The first kappa shape index (κ1) is 15.0. The van der Waals surface area contributed by atoms with Crippen molar-refractivity contribution in [1.82, 2.24) is 0 Å². The number of benzene rings is 2. The summed E-state index contributed by atoms with van der Waals surface area (Å²) in [7, 11) is 0. The number of esters is 1. The van der Waals surface area contributed by atoms with Crippen LogP contribution in [0.15, 0.2) is 48.5 Å². The number of rotatable bonds is 5. The van der Waals surface area contributed by atoms with Crippen molar-refractivity contribution in [2.75, 3.05) is 0 Å². The highest BCUT2D eigenvalue weighted by Crippen LogP contribution is 2.22. The van der Waals surface area contributed by atoms with Gasteiger partial charge in [-0.15, -0.1) is 0 Å². The lowest BCUT2D eigenvalue weighted by Gasteiger charge is -2.08. The number of para-hydroxylation sites is 1. The summed E-state index contributed by atoms with van der Waals surface area (Å²) in [5, 5.41) is 0. The second-order valence-electron chi connectivity index (χ2n) is 4.87. The molecule has 0 saturated heterocycles. The van der Waals surface area contributed by atoms with Crippen LogP contribution in [0.3, 0.4) is 0 Å². The highest BCUT2D eigenvalue weighted by molar-refractivity contribution is 6.11. The third-order valence-corrected chi connectivity index (χ3v) is 3.14. The molecule has 2 rings (SSSR count). The van der Waals surface area contributed by atoms with Gasteiger partial charge in [0.15, 0.2) is 5.78 Å². The van der Waals surface area contributed by atoms with Gasteiger partial charge < -0.3 is 4.74 Å². The topological polar surface area (TPSA) is 43.4 Å². The average molecular weight is 282 g/mol. The standard InChI is InChI=1S/C18H18O3/c1-3-6-14-9-11-15(12-10-14)18(20)16-7-4-5-8-17(16)21-13(2)19/h4-5,7-12H,3,6H2,1-2H3. The Morgan fingerprint density at radius 2 is 1.67 bits per heavy atom. The Kier molecular flexibility index (Phi) is 4.88. The Labute approximate surface area is 124 Å². The SMILES string of the molecule is CCCc1ccc(C(=O)c2ccccc2OC(C)=O)cc1. The lowest BCUT2D eigenvalue weighted by Crippen LogP contribution is -2.08. The van der Waals surface area contributed by atoms with Crippen molar-refractivity contribution in [3.63, 3.8) is 0 Å². The second kappa shape index (κ2) is 6.84. The van der Waals surface area contributed by atoms with Crippen molar-refractivity contribution in [3.05, 3.63) is 65.2 Å². The van der Waals surface area contributed by atoms with Gasteiger partial charge in [0.2, 0.25) is 0 Å². The summed E-state index contributed by atoms with van der Waals surface area (Å²) >= 11 is 0. The quantitative estimate of drug-likeness (QED) is 0.476. The lowest BCUT2D eigenvalue weighted by molar-refractivity contribution is -0.131. The highest BCUT2D eigenvalue weighted by atomic mass is 16.5. The Balaban J connectivity index is 2.29. The van der Waals surface area contributed by atoms with Crippen molar-refractivity contribution < 1.29 is 14.3 Å². The van der Waals surface area contributed by atoms with E-state index in [1.54, 1.807) is 24.3 Å². The van der Waals surface area contributed by atoms with Gasteiger partial charge in [0, 0.05) is 12.5 Å². The van der Waals surface area contributed by atoms with E-state index in [2.05, 4.69) is 6.92 Å². The predicted molar refractivity (Wildman–Crippen MR) is 81.6 cm³/mol. The Hall–Kier alpha value is -2.42. The number of hydrogen-bond donors (Lipinski definition) is 0. The number of ether oxygens (including phenoxy) is 1. The van der Waals surface area contributed by atoms with Crippen LogP contribution in [-0.4, -0.2) is 11.8 Å². The van der Waals surface area contributed by atoms with Crippen LogP contribution in [-0.2, 0) is 11.2 Å². The molecule has 0 bridgehead atoms. The number of carbonyl (C=O) groups excluding carboxylic acids is 2. The fourth-order valence-electron chi connectivity index (χ4n) is 2.17. The molecule has 2 aromatic rings. The predicted octanol–water partition coefficient (Wildman–Crippen LogP) is 3.80. The molecule has 0 aliphatic rings. The molecule has 0 unspecified atom stereocenters. The molecule has 2 aromatic carbocycles. The maximum Gasteiger partial charge on any atom is 0.308 e. The van der Waals surface area contributed by atoms with E-state index in [-0.39, 0.29) is 5.78 Å². The molecule has 3 heteroatoms. The fourth-order valence-corrected chi connectivity index (χ4v) is 2.17.